The molecule has 0 amide bonds. The van der Waals surface area contributed by atoms with E-state index >= 15 is 0 Å². The van der Waals surface area contributed by atoms with Crippen LogP contribution in [0.1, 0.15) is 31.9 Å². The average molecular weight is 347 g/mol. The molecular formula is C22H25N3O. The van der Waals surface area contributed by atoms with Gasteiger partial charge in [0.25, 0.3) is 0 Å². The van der Waals surface area contributed by atoms with Gasteiger partial charge < -0.3 is 10.1 Å². The number of benzene rings is 2. The lowest BCUT2D eigenvalue weighted by Crippen LogP contribution is -2.10. The summed E-state index contributed by atoms with van der Waals surface area (Å²) in [5.41, 5.74) is 5.36. The Labute approximate surface area is 155 Å². The molecular weight excluding hydrogens is 322 g/mol. The van der Waals surface area contributed by atoms with Gasteiger partial charge in [0.1, 0.15) is 17.9 Å². The van der Waals surface area contributed by atoms with Crippen LogP contribution >= 0.6 is 0 Å². The van der Waals surface area contributed by atoms with E-state index in [2.05, 4.69) is 60.3 Å². The summed E-state index contributed by atoms with van der Waals surface area (Å²) in [7, 11) is 1.67. The lowest BCUT2D eigenvalue weighted by molar-refractivity contribution is 0.415. The largest absolute Gasteiger partial charge is 0.497 e. The molecule has 0 radical (unpaired) electrons. The van der Waals surface area contributed by atoms with E-state index in [-0.39, 0.29) is 5.41 Å². The third-order valence-electron chi connectivity index (χ3n) is 4.44. The number of methoxy groups -OCH3 is 1. The first-order chi connectivity index (χ1) is 12.4. The smallest absolute Gasteiger partial charge is 0.137 e. The van der Waals surface area contributed by atoms with Crippen LogP contribution in [0.15, 0.2) is 54.9 Å². The van der Waals surface area contributed by atoms with Crippen molar-refractivity contribution in [3.05, 3.63) is 66.0 Å². The van der Waals surface area contributed by atoms with Crippen molar-refractivity contribution in [3.8, 4) is 17.0 Å². The predicted molar refractivity (Wildman–Crippen MR) is 107 cm³/mol. The van der Waals surface area contributed by atoms with E-state index in [4.69, 9.17) is 4.74 Å². The quantitative estimate of drug-likeness (QED) is 0.677. The minimum atomic E-state index is 0.142. The molecule has 1 aromatic heterocycles. The number of anilines is 2. The van der Waals surface area contributed by atoms with Gasteiger partial charge in [-0.15, -0.1) is 0 Å². The molecule has 0 aliphatic heterocycles. The molecule has 4 nitrogen and oxygen atoms in total. The number of ether oxygens (including phenoxy) is 1. The number of aromatic nitrogens is 2. The van der Waals surface area contributed by atoms with Crippen molar-refractivity contribution in [1.29, 1.82) is 0 Å². The molecule has 26 heavy (non-hydrogen) atoms. The van der Waals surface area contributed by atoms with Crippen LogP contribution in [0.3, 0.4) is 0 Å². The molecule has 0 atom stereocenters. The lowest BCUT2D eigenvalue weighted by atomic mass is 9.87. The first-order valence-corrected chi connectivity index (χ1v) is 8.72. The maximum absolute atomic E-state index is 5.32. The third kappa shape index (κ3) is 3.85. The van der Waals surface area contributed by atoms with E-state index < -0.39 is 0 Å². The molecule has 1 heterocycles. The van der Waals surface area contributed by atoms with E-state index in [1.165, 1.54) is 5.56 Å². The van der Waals surface area contributed by atoms with Gasteiger partial charge in [0.15, 0.2) is 0 Å². The number of nitrogens with one attached hydrogen (secondary N) is 1. The predicted octanol–water partition coefficient (Wildman–Crippen LogP) is 5.50. The third-order valence-corrected chi connectivity index (χ3v) is 4.44. The molecule has 0 bridgehead atoms. The zero-order valence-corrected chi connectivity index (χ0v) is 16.0. The SMILES string of the molecule is COc1cccc(-c2ncnc(Nc3ccc(C(C)(C)C)cc3)c2C)c1. The highest BCUT2D eigenvalue weighted by Gasteiger charge is 2.14. The zero-order valence-electron chi connectivity index (χ0n) is 16.0. The summed E-state index contributed by atoms with van der Waals surface area (Å²) in [6, 6.07) is 16.4. The van der Waals surface area contributed by atoms with Crippen molar-refractivity contribution in [3.63, 3.8) is 0 Å². The van der Waals surface area contributed by atoms with Crippen molar-refractivity contribution >= 4 is 11.5 Å². The van der Waals surface area contributed by atoms with Crippen LogP contribution in [-0.2, 0) is 5.41 Å². The Morgan fingerprint density at radius 3 is 2.35 bits per heavy atom. The number of hydrogen-bond acceptors (Lipinski definition) is 4. The van der Waals surface area contributed by atoms with E-state index in [9.17, 15) is 0 Å². The topological polar surface area (TPSA) is 47.0 Å². The summed E-state index contributed by atoms with van der Waals surface area (Å²) in [4.78, 5) is 8.89. The molecule has 3 rings (SSSR count). The summed E-state index contributed by atoms with van der Waals surface area (Å²) in [5.74, 6) is 1.62. The van der Waals surface area contributed by atoms with Crippen LogP contribution in [0.4, 0.5) is 11.5 Å². The molecule has 3 aromatic rings. The van der Waals surface area contributed by atoms with Gasteiger partial charge in [0.05, 0.1) is 12.8 Å². The van der Waals surface area contributed by atoms with Gasteiger partial charge in [-0.05, 0) is 42.2 Å². The van der Waals surface area contributed by atoms with Gasteiger partial charge in [-0.25, -0.2) is 9.97 Å². The minimum Gasteiger partial charge on any atom is -0.497 e. The monoisotopic (exact) mass is 347 g/mol. The summed E-state index contributed by atoms with van der Waals surface area (Å²) < 4.78 is 5.32. The summed E-state index contributed by atoms with van der Waals surface area (Å²) in [5, 5.41) is 3.41. The number of nitrogens with zero attached hydrogens (tertiary/aromatic N) is 2. The number of rotatable bonds is 4. The molecule has 4 heteroatoms. The Morgan fingerprint density at radius 1 is 0.962 bits per heavy atom. The Balaban J connectivity index is 1.90. The molecule has 0 saturated carbocycles. The normalized spacial score (nSPS) is 11.3. The van der Waals surface area contributed by atoms with Crippen molar-refractivity contribution in [2.24, 2.45) is 0 Å². The van der Waals surface area contributed by atoms with Gasteiger partial charge in [0.2, 0.25) is 0 Å². The summed E-state index contributed by atoms with van der Waals surface area (Å²) in [6.45, 7) is 8.67. The molecule has 134 valence electrons. The Bertz CT molecular complexity index is 896. The molecule has 0 aliphatic carbocycles. The highest BCUT2D eigenvalue weighted by Crippen LogP contribution is 2.29. The Hall–Kier alpha value is -2.88. The molecule has 0 fully saturated rings. The first-order valence-electron chi connectivity index (χ1n) is 8.72. The van der Waals surface area contributed by atoms with E-state index in [1.54, 1.807) is 13.4 Å². The second kappa shape index (κ2) is 7.16. The van der Waals surface area contributed by atoms with Crippen LogP contribution < -0.4 is 10.1 Å². The fourth-order valence-corrected chi connectivity index (χ4v) is 2.83. The second-order valence-corrected chi connectivity index (χ2v) is 7.38. The number of hydrogen-bond donors (Lipinski definition) is 1. The molecule has 0 saturated heterocycles. The van der Waals surface area contributed by atoms with Crippen LogP contribution in [0.25, 0.3) is 11.3 Å². The lowest BCUT2D eigenvalue weighted by Gasteiger charge is -2.19. The molecule has 1 N–H and O–H groups in total. The molecule has 2 aromatic carbocycles. The van der Waals surface area contributed by atoms with Gasteiger partial charge >= 0.3 is 0 Å². The van der Waals surface area contributed by atoms with Gasteiger partial charge in [-0.2, -0.15) is 0 Å². The van der Waals surface area contributed by atoms with Crippen molar-refractivity contribution in [2.45, 2.75) is 33.1 Å². The van der Waals surface area contributed by atoms with Gasteiger partial charge in [-0.1, -0.05) is 45.0 Å². The fourth-order valence-electron chi connectivity index (χ4n) is 2.83. The van der Waals surface area contributed by atoms with E-state index in [0.29, 0.717) is 0 Å². The average Bonchev–Trinajstić information content (AvgIpc) is 2.63. The Kier molecular flexibility index (Phi) is 4.94. The Morgan fingerprint density at radius 2 is 1.69 bits per heavy atom. The zero-order chi connectivity index (χ0) is 18.7. The second-order valence-electron chi connectivity index (χ2n) is 7.38. The highest BCUT2D eigenvalue weighted by atomic mass is 16.5. The first kappa shape index (κ1) is 17.9. The van der Waals surface area contributed by atoms with Gasteiger partial charge in [-0.3, -0.25) is 0 Å². The molecule has 0 spiro atoms. The van der Waals surface area contributed by atoms with Crippen LogP contribution in [-0.4, -0.2) is 17.1 Å². The van der Waals surface area contributed by atoms with Crippen molar-refractivity contribution in [1.82, 2.24) is 9.97 Å². The van der Waals surface area contributed by atoms with Crippen LogP contribution in [0.5, 0.6) is 5.75 Å². The van der Waals surface area contributed by atoms with E-state index in [0.717, 1.165) is 34.1 Å². The van der Waals surface area contributed by atoms with Crippen molar-refractivity contribution < 1.29 is 4.74 Å². The summed E-state index contributed by atoms with van der Waals surface area (Å²) >= 11 is 0. The fraction of sp³-hybridized carbons (Fsp3) is 0.273. The maximum atomic E-state index is 5.32. The standard InChI is InChI=1S/C22H25N3O/c1-15-20(16-7-6-8-19(13-16)26-5)23-14-24-21(15)25-18-11-9-17(10-12-18)22(2,3)4/h6-14H,1-5H3,(H,23,24,25). The molecule has 0 unspecified atom stereocenters. The summed E-state index contributed by atoms with van der Waals surface area (Å²) in [6.07, 6.45) is 1.59. The molecule has 0 aliphatic rings. The van der Waals surface area contributed by atoms with Crippen LogP contribution in [0, 0.1) is 6.92 Å². The maximum Gasteiger partial charge on any atom is 0.137 e. The van der Waals surface area contributed by atoms with Gasteiger partial charge in [0, 0.05) is 16.8 Å². The minimum absolute atomic E-state index is 0.142. The van der Waals surface area contributed by atoms with Crippen LogP contribution in [0.2, 0.25) is 0 Å². The highest BCUT2D eigenvalue weighted by molar-refractivity contribution is 5.71. The van der Waals surface area contributed by atoms with E-state index in [1.807, 2.05) is 31.2 Å². The van der Waals surface area contributed by atoms with Crippen molar-refractivity contribution in [2.75, 3.05) is 12.4 Å².